The van der Waals surface area contributed by atoms with Crippen LogP contribution < -0.4 is 5.73 Å². The molecule has 0 saturated carbocycles. The Morgan fingerprint density at radius 1 is 1.47 bits per heavy atom. The third kappa shape index (κ3) is 1.52. The van der Waals surface area contributed by atoms with Crippen molar-refractivity contribution in [3.8, 4) is 5.69 Å². The van der Waals surface area contributed by atoms with Crippen LogP contribution in [0.1, 0.15) is 10.4 Å². The summed E-state index contributed by atoms with van der Waals surface area (Å²) in [6, 6.07) is 3.46. The van der Waals surface area contributed by atoms with E-state index in [0.29, 0.717) is 5.69 Å². The maximum Gasteiger partial charge on any atom is 0.341 e. The largest absolute Gasteiger partial charge is 0.477 e. The van der Waals surface area contributed by atoms with Gasteiger partial charge in [-0.15, -0.1) is 0 Å². The molecule has 2 aromatic heterocycles. The van der Waals surface area contributed by atoms with Gasteiger partial charge in [-0.3, -0.25) is 4.98 Å². The average Bonchev–Trinajstić information content (AvgIpc) is 2.61. The third-order valence-electron chi connectivity index (χ3n) is 1.93. The van der Waals surface area contributed by atoms with E-state index in [1.54, 1.807) is 24.5 Å². The molecule has 0 aromatic carbocycles. The van der Waals surface area contributed by atoms with E-state index in [-0.39, 0.29) is 11.4 Å². The predicted molar refractivity (Wildman–Crippen MR) is 52.7 cm³/mol. The molecule has 0 saturated heterocycles. The van der Waals surface area contributed by atoms with E-state index in [1.165, 1.54) is 10.9 Å². The highest BCUT2D eigenvalue weighted by Gasteiger charge is 2.14. The topological polar surface area (TPSA) is 94.0 Å². The number of aromatic nitrogens is 3. The number of carboxylic acids is 1. The highest BCUT2D eigenvalue weighted by molar-refractivity contribution is 5.92. The molecule has 0 bridgehead atoms. The van der Waals surface area contributed by atoms with Gasteiger partial charge in [-0.2, -0.15) is 5.10 Å². The summed E-state index contributed by atoms with van der Waals surface area (Å²) < 4.78 is 1.33. The standard InChI is InChI=1S/C9H8N4O2/c10-8-7(9(14)15)5-12-13(8)6-2-1-3-11-4-6/h1-5H,10H2,(H,14,15). The molecule has 3 N–H and O–H groups in total. The Kier molecular flexibility index (Phi) is 2.09. The molecule has 2 aromatic rings. The van der Waals surface area contributed by atoms with E-state index in [0.717, 1.165) is 0 Å². The van der Waals surface area contributed by atoms with Crippen molar-refractivity contribution in [1.82, 2.24) is 14.8 Å². The molecule has 0 fully saturated rings. The van der Waals surface area contributed by atoms with Crippen LogP contribution in [0.25, 0.3) is 5.69 Å². The zero-order valence-electron chi connectivity index (χ0n) is 7.66. The van der Waals surface area contributed by atoms with Gasteiger partial charge in [-0.1, -0.05) is 0 Å². The van der Waals surface area contributed by atoms with Crippen LogP contribution >= 0.6 is 0 Å². The highest BCUT2D eigenvalue weighted by Crippen LogP contribution is 2.15. The van der Waals surface area contributed by atoms with Gasteiger partial charge in [0.25, 0.3) is 0 Å². The second-order valence-electron chi connectivity index (χ2n) is 2.87. The Morgan fingerprint density at radius 2 is 2.27 bits per heavy atom. The van der Waals surface area contributed by atoms with Gasteiger partial charge in [0.1, 0.15) is 11.4 Å². The van der Waals surface area contributed by atoms with Crippen molar-refractivity contribution in [3.63, 3.8) is 0 Å². The number of carbonyl (C=O) groups is 1. The van der Waals surface area contributed by atoms with E-state index < -0.39 is 5.97 Å². The SMILES string of the molecule is Nc1c(C(=O)O)cnn1-c1cccnc1. The molecule has 0 amide bonds. The predicted octanol–water partition coefficient (Wildman–Crippen LogP) is 0.548. The van der Waals surface area contributed by atoms with Crippen LogP contribution in [-0.4, -0.2) is 25.8 Å². The molecule has 2 rings (SSSR count). The molecule has 0 aliphatic carbocycles. The summed E-state index contributed by atoms with van der Waals surface area (Å²) in [6.07, 6.45) is 4.38. The first-order chi connectivity index (χ1) is 7.20. The molecule has 0 spiro atoms. The first-order valence-corrected chi connectivity index (χ1v) is 4.17. The number of rotatable bonds is 2. The summed E-state index contributed by atoms with van der Waals surface area (Å²) >= 11 is 0. The lowest BCUT2D eigenvalue weighted by atomic mass is 10.3. The van der Waals surface area contributed by atoms with Crippen LogP contribution in [0.3, 0.4) is 0 Å². The zero-order valence-corrected chi connectivity index (χ0v) is 7.66. The van der Waals surface area contributed by atoms with E-state index in [4.69, 9.17) is 10.8 Å². The molecular formula is C9H8N4O2. The van der Waals surface area contributed by atoms with Crippen LogP contribution in [0.15, 0.2) is 30.7 Å². The smallest absolute Gasteiger partial charge is 0.341 e. The van der Waals surface area contributed by atoms with Gasteiger partial charge in [0.15, 0.2) is 0 Å². The van der Waals surface area contributed by atoms with Gasteiger partial charge in [0.05, 0.1) is 18.1 Å². The van der Waals surface area contributed by atoms with Gasteiger partial charge >= 0.3 is 5.97 Å². The van der Waals surface area contributed by atoms with Gasteiger partial charge < -0.3 is 10.8 Å². The van der Waals surface area contributed by atoms with Crippen molar-refractivity contribution in [2.24, 2.45) is 0 Å². The molecule has 2 heterocycles. The van der Waals surface area contributed by atoms with Crippen LogP contribution in [-0.2, 0) is 0 Å². The second kappa shape index (κ2) is 3.41. The molecule has 6 nitrogen and oxygen atoms in total. The second-order valence-corrected chi connectivity index (χ2v) is 2.87. The number of aromatic carboxylic acids is 1. The van der Waals surface area contributed by atoms with Crippen LogP contribution in [0.5, 0.6) is 0 Å². The van der Waals surface area contributed by atoms with Gasteiger partial charge in [0.2, 0.25) is 0 Å². The summed E-state index contributed by atoms with van der Waals surface area (Å²) in [5.74, 6) is -1.00. The fourth-order valence-corrected chi connectivity index (χ4v) is 1.21. The third-order valence-corrected chi connectivity index (χ3v) is 1.93. The number of hydrogen-bond donors (Lipinski definition) is 2. The first kappa shape index (κ1) is 9.20. The lowest BCUT2D eigenvalue weighted by molar-refractivity contribution is 0.0698. The van der Waals surface area contributed by atoms with Crippen molar-refractivity contribution < 1.29 is 9.90 Å². The molecule has 15 heavy (non-hydrogen) atoms. The number of hydrogen-bond acceptors (Lipinski definition) is 4. The molecule has 0 radical (unpaired) electrons. The number of nitrogens with two attached hydrogens (primary N) is 1. The molecule has 76 valence electrons. The first-order valence-electron chi connectivity index (χ1n) is 4.17. The minimum Gasteiger partial charge on any atom is -0.477 e. The molecule has 0 atom stereocenters. The Morgan fingerprint density at radius 3 is 2.80 bits per heavy atom. The average molecular weight is 204 g/mol. The number of anilines is 1. The number of nitrogen functional groups attached to an aromatic ring is 1. The monoisotopic (exact) mass is 204 g/mol. The summed E-state index contributed by atoms with van der Waals surface area (Å²) in [6.45, 7) is 0. The molecule has 6 heteroatoms. The minimum absolute atomic E-state index is 0.0150. The van der Waals surface area contributed by atoms with Crippen molar-refractivity contribution >= 4 is 11.8 Å². The number of pyridine rings is 1. The van der Waals surface area contributed by atoms with Crippen molar-refractivity contribution in [1.29, 1.82) is 0 Å². The van der Waals surface area contributed by atoms with Crippen molar-refractivity contribution in [2.75, 3.05) is 5.73 Å². The quantitative estimate of drug-likeness (QED) is 0.744. The fourth-order valence-electron chi connectivity index (χ4n) is 1.21. The lowest BCUT2D eigenvalue weighted by Crippen LogP contribution is -2.05. The van der Waals surface area contributed by atoms with E-state index in [9.17, 15) is 4.79 Å². The van der Waals surface area contributed by atoms with Gasteiger partial charge in [-0.25, -0.2) is 9.48 Å². The summed E-state index contributed by atoms with van der Waals surface area (Å²) in [5, 5.41) is 12.7. The van der Waals surface area contributed by atoms with Crippen molar-refractivity contribution in [2.45, 2.75) is 0 Å². The summed E-state index contributed by atoms with van der Waals surface area (Å²) in [7, 11) is 0. The lowest BCUT2D eigenvalue weighted by Gasteiger charge is -2.02. The Labute approximate surface area is 85.0 Å². The van der Waals surface area contributed by atoms with E-state index >= 15 is 0 Å². The van der Waals surface area contributed by atoms with Crippen molar-refractivity contribution in [3.05, 3.63) is 36.3 Å². The fraction of sp³-hybridized carbons (Fsp3) is 0. The maximum atomic E-state index is 10.7. The van der Waals surface area contributed by atoms with Crippen LogP contribution in [0.4, 0.5) is 5.82 Å². The maximum absolute atomic E-state index is 10.7. The van der Waals surface area contributed by atoms with E-state index in [1.807, 2.05) is 0 Å². The minimum atomic E-state index is -1.09. The number of carboxylic acid groups (broad SMARTS) is 1. The van der Waals surface area contributed by atoms with Crippen LogP contribution in [0.2, 0.25) is 0 Å². The molecule has 0 aliphatic rings. The van der Waals surface area contributed by atoms with Crippen LogP contribution in [0, 0.1) is 0 Å². The highest BCUT2D eigenvalue weighted by atomic mass is 16.4. The normalized spacial score (nSPS) is 10.1. The molecule has 0 unspecified atom stereocenters. The zero-order chi connectivity index (χ0) is 10.8. The molecular weight excluding hydrogens is 196 g/mol. The van der Waals surface area contributed by atoms with Gasteiger partial charge in [-0.05, 0) is 12.1 Å². The summed E-state index contributed by atoms with van der Waals surface area (Å²) in [4.78, 5) is 14.6. The number of nitrogens with zero attached hydrogens (tertiary/aromatic N) is 3. The Bertz CT molecular complexity index is 492. The van der Waals surface area contributed by atoms with Gasteiger partial charge in [0, 0.05) is 6.20 Å². The Balaban J connectivity index is 2.52. The summed E-state index contributed by atoms with van der Waals surface area (Å²) in [5.41, 5.74) is 6.24. The van der Waals surface area contributed by atoms with E-state index in [2.05, 4.69) is 10.1 Å². The Hall–Kier alpha value is -2.37. The molecule has 0 aliphatic heterocycles.